The molecule has 11 heteroatoms. The van der Waals surface area contributed by atoms with E-state index in [1.165, 1.54) is 11.3 Å². The molecule has 4 aromatic rings. The molecule has 214 valence electrons. The zero-order chi connectivity index (χ0) is 29.0. The first kappa shape index (κ1) is 29.9. The molecule has 0 radical (unpaired) electrons. The Morgan fingerprint density at radius 1 is 0.805 bits per heavy atom. The molecule has 1 atom stereocenters. The van der Waals surface area contributed by atoms with Gasteiger partial charge >= 0.3 is 0 Å². The molecule has 0 aliphatic carbocycles. The second-order valence-corrected chi connectivity index (χ2v) is 11.1. The lowest BCUT2D eigenvalue weighted by Crippen LogP contribution is -2.29. The van der Waals surface area contributed by atoms with Gasteiger partial charge in [0, 0.05) is 12.8 Å². The molecule has 1 unspecified atom stereocenters. The van der Waals surface area contributed by atoms with Gasteiger partial charge < -0.3 is 15.7 Å². The standard InChI is InChI=1S/C30H35N7O3S/c1-37(2)29(40)20-23-12-8-11-22(17-23)19-27(39)32-30-36-35-28(41-30)14-7-6-13-24-15-16-25(34-33-24)31-26(38)18-21-9-4-3-5-10-21/h3-5,8-12,15-17,29,40H,6-7,13-14,18-20H2,1-2H3,(H,31,34,38)(H,32,36,39). The van der Waals surface area contributed by atoms with Crippen molar-refractivity contribution in [3.05, 3.63) is 94.1 Å². The van der Waals surface area contributed by atoms with Crippen molar-refractivity contribution in [2.45, 2.75) is 51.2 Å². The average molecular weight is 574 g/mol. The highest BCUT2D eigenvalue weighted by molar-refractivity contribution is 7.15. The van der Waals surface area contributed by atoms with Crippen LogP contribution in [0.5, 0.6) is 0 Å². The summed E-state index contributed by atoms with van der Waals surface area (Å²) < 4.78 is 0. The fourth-order valence-electron chi connectivity index (χ4n) is 4.12. The fourth-order valence-corrected chi connectivity index (χ4v) is 4.92. The number of hydrogen-bond acceptors (Lipinski definition) is 9. The summed E-state index contributed by atoms with van der Waals surface area (Å²) in [4.78, 5) is 26.5. The van der Waals surface area contributed by atoms with Crippen molar-refractivity contribution >= 4 is 34.1 Å². The summed E-state index contributed by atoms with van der Waals surface area (Å²) >= 11 is 1.38. The first-order chi connectivity index (χ1) is 19.8. The molecule has 2 aromatic heterocycles. The van der Waals surface area contributed by atoms with E-state index in [0.29, 0.717) is 17.4 Å². The smallest absolute Gasteiger partial charge is 0.230 e. The minimum atomic E-state index is -0.572. The molecule has 0 fully saturated rings. The van der Waals surface area contributed by atoms with Crippen LogP contribution < -0.4 is 10.6 Å². The molecule has 0 aliphatic heterocycles. The number of aliphatic hydroxyl groups excluding tert-OH is 1. The van der Waals surface area contributed by atoms with E-state index < -0.39 is 6.23 Å². The van der Waals surface area contributed by atoms with Crippen LogP contribution in [0.1, 0.15) is 40.2 Å². The maximum absolute atomic E-state index is 12.5. The summed E-state index contributed by atoms with van der Waals surface area (Å²) in [6.45, 7) is 0. The highest BCUT2D eigenvalue weighted by Gasteiger charge is 2.12. The van der Waals surface area contributed by atoms with E-state index in [1.807, 2.05) is 74.8 Å². The zero-order valence-corrected chi connectivity index (χ0v) is 24.1. The number of carbonyl (C=O) groups is 2. The van der Waals surface area contributed by atoms with Gasteiger partial charge in [0.15, 0.2) is 5.82 Å². The van der Waals surface area contributed by atoms with Gasteiger partial charge in [-0.3, -0.25) is 14.5 Å². The summed E-state index contributed by atoms with van der Waals surface area (Å²) in [5.41, 5.74) is 3.65. The van der Waals surface area contributed by atoms with Crippen LogP contribution in [0, 0.1) is 0 Å². The van der Waals surface area contributed by atoms with E-state index in [-0.39, 0.29) is 24.7 Å². The largest absolute Gasteiger partial charge is 0.378 e. The number of carbonyl (C=O) groups excluding carboxylic acids is 2. The second kappa shape index (κ2) is 15.1. The highest BCUT2D eigenvalue weighted by atomic mass is 32.1. The molecule has 0 spiro atoms. The Hall–Kier alpha value is -4.06. The van der Waals surface area contributed by atoms with E-state index in [9.17, 15) is 14.7 Å². The van der Waals surface area contributed by atoms with E-state index in [4.69, 9.17) is 0 Å². The molecule has 2 amide bonds. The third kappa shape index (κ3) is 10.1. The molecule has 0 bridgehead atoms. The Morgan fingerprint density at radius 3 is 2.27 bits per heavy atom. The predicted molar refractivity (Wildman–Crippen MR) is 160 cm³/mol. The van der Waals surface area contributed by atoms with Crippen LogP contribution in [0.4, 0.5) is 10.9 Å². The van der Waals surface area contributed by atoms with Gasteiger partial charge in [-0.05, 0) is 62.2 Å². The maximum Gasteiger partial charge on any atom is 0.230 e. The first-order valence-electron chi connectivity index (χ1n) is 13.5. The molecule has 10 nitrogen and oxygen atoms in total. The van der Waals surface area contributed by atoms with Crippen LogP contribution in [-0.2, 0) is 41.7 Å². The van der Waals surface area contributed by atoms with E-state index >= 15 is 0 Å². The predicted octanol–water partition coefficient (Wildman–Crippen LogP) is 3.68. The van der Waals surface area contributed by atoms with E-state index in [2.05, 4.69) is 31.0 Å². The van der Waals surface area contributed by atoms with Gasteiger partial charge in [-0.25, -0.2) is 0 Å². The number of benzene rings is 2. The molecule has 0 saturated heterocycles. The minimum Gasteiger partial charge on any atom is -0.378 e. The van der Waals surface area contributed by atoms with Crippen LogP contribution in [0.3, 0.4) is 0 Å². The van der Waals surface area contributed by atoms with Gasteiger partial charge in [0.1, 0.15) is 11.2 Å². The van der Waals surface area contributed by atoms with Crippen LogP contribution in [0.2, 0.25) is 0 Å². The van der Waals surface area contributed by atoms with Crippen molar-refractivity contribution < 1.29 is 14.7 Å². The van der Waals surface area contributed by atoms with Gasteiger partial charge in [0.2, 0.25) is 16.9 Å². The Labute approximate surface area is 243 Å². The zero-order valence-electron chi connectivity index (χ0n) is 23.3. The van der Waals surface area contributed by atoms with Crippen LogP contribution >= 0.6 is 11.3 Å². The summed E-state index contributed by atoms with van der Waals surface area (Å²) in [6, 6.07) is 20.9. The molecule has 41 heavy (non-hydrogen) atoms. The molecule has 2 aromatic carbocycles. The maximum atomic E-state index is 12.5. The van der Waals surface area contributed by atoms with Crippen molar-refractivity contribution in [3.8, 4) is 0 Å². The highest BCUT2D eigenvalue weighted by Crippen LogP contribution is 2.18. The van der Waals surface area contributed by atoms with Gasteiger partial charge in [-0.1, -0.05) is 65.9 Å². The van der Waals surface area contributed by atoms with Gasteiger partial charge in [-0.15, -0.1) is 15.3 Å². The van der Waals surface area contributed by atoms with Gasteiger partial charge in [-0.2, -0.15) is 5.10 Å². The molecular weight excluding hydrogens is 538 g/mol. The number of hydrogen-bond donors (Lipinski definition) is 3. The number of nitrogens with one attached hydrogen (secondary N) is 2. The average Bonchev–Trinajstić information content (AvgIpc) is 3.39. The van der Waals surface area contributed by atoms with Crippen molar-refractivity contribution in [2.24, 2.45) is 0 Å². The summed E-state index contributed by atoms with van der Waals surface area (Å²) in [5, 5.41) is 33.7. The molecule has 0 saturated carbocycles. The SMILES string of the molecule is CN(C)C(O)Cc1cccc(CC(=O)Nc2nnc(CCCCc3ccc(NC(=O)Cc4ccccc4)nn3)s2)c1. The molecule has 4 rings (SSSR count). The molecule has 0 aliphatic rings. The summed E-state index contributed by atoms with van der Waals surface area (Å²) in [5.74, 6) is 0.154. The molecule has 3 N–H and O–H groups in total. The number of aromatic nitrogens is 4. The molecule has 2 heterocycles. The van der Waals surface area contributed by atoms with E-state index in [1.54, 1.807) is 11.0 Å². The van der Waals surface area contributed by atoms with E-state index in [0.717, 1.165) is 53.1 Å². The lowest BCUT2D eigenvalue weighted by atomic mass is 10.0. The third-order valence-corrected chi connectivity index (χ3v) is 7.25. The number of likely N-dealkylation sites (N-methyl/N-ethyl adjacent to an activating group) is 1. The number of aryl methyl sites for hydroxylation is 2. The fraction of sp³-hybridized carbons (Fsp3) is 0.333. The third-order valence-electron chi connectivity index (χ3n) is 6.35. The quantitative estimate of drug-likeness (QED) is 0.154. The number of unbranched alkanes of at least 4 members (excludes halogenated alkanes) is 1. The topological polar surface area (TPSA) is 133 Å². The summed E-state index contributed by atoms with van der Waals surface area (Å²) in [6.07, 6.45) is 3.74. The van der Waals surface area contributed by atoms with Crippen LogP contribution in [0.25, 0.3) is 0 Å². The van der Waals surface area contributed by atoms with Crippen molar-refractivity contribution in [1.82, 2.24) is 25.3 Å². The Balaban J connectivity index is 1.15. The van der Waals surface area contributed by atoms with Crippen molar-refractivity contribution in [1.29, 1.82) is 0 Å². The lowest BCUT2D eigenvalue weighted by Gasteiger charge is -2.18. The number of aliphatic hydroxyl groups is 1. The number of nitrogens with zero attached hydrogens (tertiary/aromatic N) is 5. The first-order valence-corrected chi connectivity index (χ1v) is 14.4. The number of anilines is 2. The summed E-state index contributed by atoms with van der Waals surface area (Å²) in [7, 11) is 3.65. The minimum absolute atomic E-state index is 0.128. The Kier molecular flexibility index (Phi) is 11.0. The van der Waals surface area contributed by atoms with Crippen molar-refractivity contribution in [3.63, 3.8) is 0 Å². The monoisotopic (exact) mass is 573 g/mol. The number of rotatable bonds is 14. The van der Waals surface area contributed by atoms with Gasteiger partial charge in [0.25, 0.3) is 0 Å². The van der Waals surface area contributed by atoms with Gasteiger partial charge in [0.05, 0.1) is 18.5 Å². The number of amides is 2. The molecular formula is C30H35N7O3S. The normalized spacial score (nSPS) is 11.8. The van der Waals surface area contributed by atoms with Crippen molar-refractivity contribution in [2.75, 3.05) is 24.7 Å². The van der Waals surface area contributed by atoms with Crippen LogP contribution in [0.15, 0.2) is 66.7 Å². The Bertz CT molecular complexity index is 1410. The lowest BCUT2D eigenvalue weighted by molar-refractivity contribution is -0.116. The second-order valence-electron chi connectivity index (χ2n) is 10.0. The van der Waals surface area contributed by atoms with Crippen LogP contribution in [-0.4, -0.2) is 62.5 Å². The Morgan fingerprint density at radius 2 is 1.51 bits per heavy atom.